The van der Waals surface area contributed by atoms with E-state index in [4.69, 9.17) is 9.47 Å². The Morgan fingerprint density at radius 2 is 2.24 bits per heavy atom. The second-order valence-electron chi connectivity index (χ2n) is 5.82. The van der Waals surface area contributed by atoms with Crippen LogP contribution < -0.4 is 5.32 Å². The Hall–Kier alpha value is -0.450. The van der Waals surface area contributed by atoms with Gasteiger partial charge in [0.15, 0.2) is 5.96 Å². The molecule has 0 bridgehead atoms. The molecule has 0 aliphatic carbocycles. The van der Waals surface area contributed by atoms with Gasteiger partial charge in [-0.25, -0.2) is 4.39 Å². The van der Waals surface area contributed by atoms with Gasteiger partial charge in [0, 0.05) is 39.7 Å². The molecule has 0 aromatic heterocycles. The Morgan fingerprint density at radius 3 is 2.92 bits per heavy atom. The van der Waals surface area contributed by atoms with Crippen LogP contribution in [0.5, 0.6) is 0 Å². The summed E-state index contributed by atoms with van der Waals surface area (Å²) >= 11 is 3.17. The molecule has 2 rings (SSSR count). The molecule has 5 nitrogen and oxygen atoms in total. The number of benzene rings is 1. The number of rotatable bonds is 7. The quantitative estimate of drug-likeness (QED) is 0.255. The maximum Gasteiger partial charge on any atom is 0.193 e. The Balaban J connectivity index is 0.00000312. The summed E-state index contributed by atoms with van der Waals surface area (Å²) in [5.74, 6) is 1.10. The standard InChI is InChI=1S/C17H25BrFN3O2.HI/c1-20-17(21-10-13-3-4-15(18)16(19)9-13)22-6-5-14(11-22)12-24-8-7-23-2;/h3-4,9,14H,5-8,10-12H2,1-2H3,(H,20,21);1H. The predicted molar refractivity (Wildman–Crippen MR) is 112 cm³/mol. The van der Waals surface area contributed by atoms with Gasteiger partial charge in [-0.05, 0) is 40.0 Å². The van der Waals surface area contributed by atoms with Crippen LogP contribution in [0.3, 0.4) is 0 Å². The molecule has 1 heterocycles. The van der Waals surface area contributed by atoms with Crippen molar-refractivity contribution in [3.8, 4) is 0 Å². The number of aliphatic imine (C=N–C) groups is 1. The molecule has 1 aromatic carbocycles. The van der Waals surface area contributed by atoms with E-state index in [1.54, 1.807) is 20.2 Å². The maximum absolute atomic E-state index is 13.6. The Morgan fingerprint density at radius 1 is 1.44 bits per heavy atom. The van der Waals surface area contributed by atoms with Crippen LogP contribution in [-0.4, -0.2) is 57.9 Å². The van der Waals surface area contributed by atoms with Gasteiger partial charge in [0.05, 0.1) is 24.3 Å². The first-order valence-corrected chi connectivity index (χ1v) is 8.89. The maximum atomic E-state index is 13.6. The van der Waals surface area contributed by atoms with Crippen molar-refractivity contribution in [2.24, 2.45) is 10.9 Å². The first-order chi connectivity index (χ1) is 11.6. The highest BCUT2D eigenvalue weighted by Gasteiger charge is 2.24. The third kappa shape index (κ3) is 7.36. The van der Waals surface area contributed by atoms with Crippen LogP contribution in [0.4, 0.5) is 4.39 Å². The molecule has 0 spiro atoms. The molecule has 0 saturated carbocycles. The largest absolute Gasteiger partial charge is 0.382 e. The molecule has 8 heteroatoms. The third-order valence-electron chi connectivity index (χ3n) is 4.02. The van der Waals surface area contributed by atoms with Crippen LogP contribution in [0.15, 0.2) is 27.7 Å². The number of ether oxygens (including phenoxy) is 2. The van der Waals surface area contributed by atoms with Crippen LogP contribution in [0.25, 0.3) is 0 Å². The van der Waals surface area contributed by atoms with Crippen molar-refractivity contribution in [3.05, 3.63) is 34.1 Å². The van der Waals surface area contributed by atoms with Crippen molar-refractivity contribution in [3.63, 3.8) is 0 Å². The molecule has 0 amide bonds. The average molecular weight is 530 g/mol. The molecular weight excluding hydrogens is 504 g/mol. The fraction of sp³-hybridized carbons (Fsp3) is 0.588. The molecule has 1 aliphatic rings. The molecule has 1 unspecified atom stereocenters. The van der Waals surface area contributed by atoms with Gasteiger partial charge in [0.1, 0.15) is 5.82 Å². The van der Waals surface area contributed by atoms with Gasteiger partial charge in [-0.2, -0.15) is 0 Å². The number of likely N-dealkylation sites (tertiary alicyclic amines) is 1. The van der Waals surface area contributed by atoms with Crippen LogP contribution in [0.1, 0.15) is 12.0 Å². The predicted octanol–water partition coefficient (Wildman–Crippen LogP) is 3.27. The highest BCUT2D eigenvalue weighted by molar-refractivity contribution is 14.0. The minimum absolute atomic E-state index is 0. The summed E-state index contributed by atoms with van der Waals surface area (Å²) in [5.41, 5.74) is 0.885. The lowest BCUT2D eigenvalue weighted by Gasteiger charge is -2.22. The number of hydrogen-bond donors (Lipinski definition) is 1. The van der Waals surface area contributed by atoms with Crippen LogP contribution in [0, 0.1) is 11.7 Å². The summed E-state index contributed by atoms with van der Waals surface area (Å²) in [6.07, 6.45) is 1.08. The summed E-state index contributed by atoms with van der Waals surface area (Å²) in [5, 5.41) is 3.30. The molecule has 1 fully saturated rings. The van der Waals surface area contributed by atoms with Crippen molar-refractivity contribution >= 4 is 45.9 Å². The first-order valence-electron chi connectivity index (χ1n) is 8.10. The Labute approximate surface area is 174 Å². The number of halogens is 3. The molecule has 25 heavy (non-hydrogen) atoms. The molecule has 142 valence electrons. The second-order valence-corrected chi connectivity index (χ2v) is 6.67. The second kappa shape index (κ2) is 12.0. The van der Waals surface area contributed by atoms with Gasteiger partial charge < -0.3 is 19.7 Å². The van der Waals surface area contributed by atoms with Gasteiger partial charge in [0.25, 0.3) is 0 Å². The molecule has 1 N–H and O–H groups in total. The monoisotopic (exact) mass is 529 g/mol. The molecule has 0 radical (unpaired) electrons. The summed E-state index contributed by atoms with van der Waals surface area (Å²) in [6, 6.07) is 5.14. The summed E-state index contributed by atoms with van der Waals surface area (Å²) < 4.78 is 24.6. The van der Waals surface area contributed by atoms with E-state index in [1.807, 2.05) is 6.07 Å². The number of nitrogens with one attached hydrogen (secondary N) is 1. The van der Waals surface area contributed by atoms with E-state index in [1.165, 1.54) is 6.07 Å². The SMILES string of the molecule is CN=C(NCc1ccc(Br)c(F)c1)N1CCC(COCCOC)C1.I. The van der Waals surface area contributed by atoms with Crippen molar-refractivity contribution in [2.45, 2.75) is 13.0 Å². The lowest BCUT2D eigenvalue weighted by molar-refractivity contribution is 0.0536. The summed E-state index contributed by atoms with van der Waals surface area (Å²) in [6.45, 7) is 4.42. The minimum atomic E-state index is -0.251. The zero-order chi connectivity index (χ0) is 17.4. The highest BCUT2D eigenvalue weighted by Crippen LogP contribution is 2.18. The van der Waals surface area contributed by atoms with Gasteiger partial charge in [-0.1, -0.05) is 6.07 Å². The van der Waals surface area contributed by atoms with Gasteiger partial charge >= 0.3 is 0 Å². The molecular formula is C17H26BrFIN3O2. The van der Waals surface area contributed by atoms with Crippen molar-refractivity contribution < 1.29 is 13.9 Å². The van der Waals surface area contributed by atoms with E-state index in [9.17, 15) is 4.39 Å². The van der Waals surface area contributed by atoms with E-state index < -0.39 is 0 Å². The van der Waals surface area contributed by atoms with Gasteiger partial charge in [-0.15, -0.1) is 24.0 Å². The van der Waals surface area contributed by atoms with E-state index in [0.29, 0.717) is 30.1 Å². The van der Waals surface area contributed by atoms with Crippen LogP contribution in [-0.2, 0) is 16.0 Å². The number of methoxy groups -OCH3 is 1. The van der Waals surface area contributed by atoms with Crippen LogP contribution >= 0.6 is 39.9 Å². The van der Waals surface area contributed by atoms with Crippen molar-refractivity contribution in [1.29, 1.82) is 0 Å². The molecule has 1 aliphatic heterocycles. The molecule has 1 atom stereocenters. The van der Waals surface area contributed by atoms with Gasteiger partial charge in [0.2, 0.25) is 0 Å². The fourth-order valence-electron chi connectivity index (χ4n) is 2.72. The van der Waals surface area contributed by atoms with Gasteiger partial charge in [-0.3, -0.25) is 4.99 Å². The number of nitrogens with zero attached hydrogens (tertiary/aromatic N) is 2. The van der Waals surface area contributed by atoms with Crippen molar-refractivity contribution in [1.82, 2.24) is 10.2 Å². The lowest BCUT2D eigenvalue weighted by atomic mass is 10.1. The molecule has 1 saturated heterocycles. The summed E-state index contributed by atoms with van der Waals surface area (Å²) in [7, 11) is 3.44. The fourth-order valence-corrected chi connectivity index (χ4v) is 2.96. The lowest BCUT2D eigenvalue weighted by Crippen LogP contribution is -2.39. The summed E-state index contributed by atoms with van der Waals surface area (Å²) in [4.78, 5) is 6.56. The van der Waals surface area contributed by atoms with Crippen LogP contribution in [0.2, 0.25) is 0 Å². The highest BCUT2D eigenvalue weighted by atomic mass is 127. The van der Waals surface area contributed by atoms with Crippen molar-refractivity contribution in [2.75, 3.05) is 47.1 Å². The molecule has 1 aromatic rings. The Kier molecular flexibility index (Phi) is 10.9. The van der Waals surface area contributed by atoms with E-state index in [0.717, 1.165) is 37.6 Å². The van der Waals surface area contributed by atoms with E-state index >= 15 is 0 Å². The smallest absolute Gasteiger partial charge is 0.193 e. The zero-order valence-electron chi connectivity index (χ0n) is 14.6. The average Bonchev–Trinajstić information content (AvgIpc) is 3.04. The first kappa shape index (κ1) is 22.6. The van der Waals surface area contributed by atoms with E-state index in [2.05, 4.69) is 31.1 Å². The normalized spacial score (nSPS) is 17.5. The number of guanidine groups is 1. The minimum Gasteiger partial charge on any atom is -0.382 e. The third-order valence-corrected chi connectivity index (χ3v) is 4.66. The Bertz CT molecular complexity index is 563. The number of hydrogen-bond acceptors (Lipinski definition) is 3. The zero-order valence-corrected chi connectivity index (χ0v) is 18.6. The topological polar surface area (TPSA) is 46.1 Å². The van der Waals surface area contributed by atoms with E-state index in [-0.39, 0.29) is 29.8 Å².